The molecule has 0 saturated heterocycles. The van der Waals surface area contributed by atoms with Gasteiger partial charge in [-0.1, -0.05) is 29.8 Å². The molecule has 0 bridgehead atoms. The Kier molecular flexibility index (Phi) is 4.55. The van der Waals surface area contributed by atoms with E-state index in [1.807, 2.05) is 13.8 Å². The normalized spacial score (nSPS) is 51.9. The SMILES string of the molecule is C[C@]12C[C@H](O)[C@H](O)C[C@@H]1C(=O)C=C1C2CC[C@]2(C)[C@@H](C(=O)CBr)CC[C@@]12O. The Labute approximate surface area is 168 Å². The van der Waals surface area contributed by atoms with Gasteiger partial charge in [-0.2, -0.15) is 0 Å². The minimum absolute atomic E-state index is 0.00162. The molecule has 0 aromatic heterocycles. The first-order valence-corrected chi connectivity index (χ1v) is 11.1. The van der Waals surface area contributed by atoms with E-state index in [-0.39, 0.29) is 41.1 Å². The molecule has 6 heteroatoms. The van der Waals surface area contributed by atoms with Gasteiger partial charge in [-0.25, -0.2) is 0 Å². The summed E-state index contributed by atoms with van der Waals surface area (Å²) in [7, 11) is 0. The Morgan fingerprint density at radius 2 is 1.89 bits per heavy atom. The second-order valence-corrected chi connectivity index (χ2v) is 10.3. The van der Waals surface area contributed by atoms with Crippen LogP contribution in [0.4, 0.5) is 0 Å². The van der Waals surface area contributed by atoms with Crippen molar-refractivity contribution in [2.45, 2.75) is 70.2 Å². The molecule has 5 nitrogen and oxygen atoms in total. The third-order valence-corrected chi connectivity index (χ3v) is 9.19. The van der Waals surface area contributed by atoms with E-state index in [4.69, 9.17) is 0 Å². The Hall–Kier alpha value is -0.560. The van der Waals surface area contributed by atoms with E-state index in [0.29, 0.717) is 19.3 Å². The van der Waals surface area contributed by atoms with Gasteiger partial charge in [0.05, 0.1) is 23.1 Å². The molecule has 3 saturated carbocycles. The molecule has 3 N–H and O–H groups in total. The number of allylic oxidation sites excluding steroid dienone is 1. The number of hydrogen-bond donors (Lipinski definition) is 3. The Balaban J connectivity index is 1.78. The highest BCUT2D eigenvalue weighted by atomic mass is 79.9. The molecule has 0 aliphatic heterocycles. The first-order valence-electron chi connectivity index (χ1n) is 10.0. The highest BCUT2D eigenvalue weighted by molar-refractivity contribution is 9.09. The van der Waals surface area contributed by atoms with Crippen molar-refractivity contribution in [1.29, 1.82) is 0 Å². The van der Waals surface area contributed by atoms with Crippen molar-refractivity contribution in [3.63, 3.8) is 0 Å². The highest BCUT2D eigenvalue weighted by Crippen LogP contribution is 2.67. The summed E-state index contributed by atoms with van der Waals surface area (Å²) in [5.74, 6) is -0.460. The second kappa shape index (κ2) is 6.22. The summed E-state index contributed by atoms with van der Waals surface area (Å²) in [6, 6.07) is 0. The van der Waals surface area contributed by atoms with Crippen LogP contribution >= 0.6 is 15.9 Å². The maximum absolute atomic E-state index is 13.0. The van der Waals surface area contributed by atoms with E-state index in [1.165, 1.54) is 0 Å². The molecule has 150 valence electrons. The molecule has 0 aromatic rings. The van der Waals surface area contributed by atoms with Gasteiger partial charge in [0.15, 0.2) is 5.78 Å². The number of carbonyl (C=O) groups is 2. The van der Waals surface area contributed by atoms with E-state index in [9.17, 15) is 24.9 Å². The topological polar surface area (TPSA) is 94.8 Å². The van der Waals surface area contributed by atoms with Gasteiger partial charge < -0.3 is 15.3 Å². The van der Waals surface area contributed by atoms with Gasteiger partial charge in [0.1, 0.15) is 5.78 Å². The first-order chi connectivity index (χ1) is 12.6. The van der Waals surface area contributed by atoms with Crippen LogP contribution in [-0.4, -0.2) is 50.0 Å². The molecule has 1 unspecified atom stereocenters. The fourth-order valence-corrected chi connectivity index (χ4v) is 7.37. The van der Waals surface area contributed by atoms with Gasteiger partial charge in [0.25, 0.3) is 0 Å². The van der Waals surface area contributed by atoms with Crippen molar-refractivity contribution in [3.8, 4) is 0 Å². The van der Waals surface area contributed by atoms with Crippen molar-refractivity contribution in [1.82, 2.24) is 0 Å². The number of carbonyl (C=O) groups excluding carboxylic acids is 2. The van der Waals surface area contributed by atoms with Crippen LogP contribution in [0.2, 0.25) is 0 Å². The second-order valence-electron chi connectivity index (χ2n) is 9.70. The lowest BCUT2D eigenvalue weighted by Crippen LogP contribution is -2.61. The van der Waals surface area contributed by atoms with Crippen molar-refractivity contribution in [3.05, 3.63) is 11.6 Å². The molecule has 0 aromatic carbocycles. The molecule has 0 spiro atoms. The van der Waals surface area contributed by atoms with Gasteiger partial charge in [0.2, 0.25) is 0 Å². The van der Waals surface area contributed by atoms with Gasteiger partial charge in [0, 0.05) is 17.3 Å². The average Bonchev–Trinajstić information content (AvgIpc) is 2.89. The van der Waals surface area contributed by atoms with Crippen LogP contribution in [-0.2, 0) is 9.59 Å². The third-order valence-electron chi connectivity index (χ3n) is 8.64. The molecule has 0 radical (unpaired) electrons. The van der Waals surface area contributed by atoms with Crippen LogP contribution in [0, 0.1) is 28.6 Å². The molecule has 0 amide bonds. The summed E-state index contributed by atoms with van der Waals surface area (Å²) < 4.78 is 0. The lowest BCUT2D eigenvalue weighted by Gasteiger charge is -2.59. The van der Waals surface area contributed by atoms with Crippen molar-refractivity contribution >= 4 is 27.5 Å². The number of ketones is 2. The zero-order chi connectivity index (χ0) is 19.8. The standard InChI is InChI=1S/C21H29BrO5/c1-19-9-17(25)16(24)8-14(19)15(23)7-13-11(19)3-5-20(2)12(18(26)10-22)4-6-21(13,20)27/h7,11-12,14,16-17,24-25,27H,3-6,8-10H2,1-2H3/t11?,12-,14-,16-,17+,19-,20-,21-/m1/s1. The summed E-state index contributed by atoms with van der Waals surface area (Å²) in [5.41, 5.74) is -1.40. The number of aliphatic hydroxyl groups is 3. The third kappa shape index (κ3) is 2.46. The van der Waals surface area contributed by atoms with E-state index >= 15 is 0 Å². The highest BCUT2D eigenvalue weighted by Gasteiger charge is 2.67. The van der Waals surface area contributed by atoms with Crippen LogP contribution < -0.4 is 0 Å². The number of Topliss-reactive ketones (excluding diaryl/α,β-unsaturated/α-hetero) is 1. The monoisotopic (exact) mass is 440 g/mol. The van der Waals surface area contributed by atoms with Gasteiger partial charge in [-0.05, 0) is 61.5 Å². The minimum atomic E-state index is -1.15. The van der Waals surface area contributed by atoms with E-state index in [0.717, 1.165) is 18.4 Å². The smallest absolute Gasteiger partial charge is 0.159 e. The number of alkyl halides is 1. The molecule has 0 heterocycles. The summed E-state index contributed by atoms with van der Waals surface area (Å²) in [4.78, 5) is 25.5. The Morgan fingerprint density at radius 3 is 2.56 bits per heavy atom. The van der Waals surface area contributed by atoms with Crippen LogP contribution in [0.1, 0.15) is 52.4 Å². The molecule has 27 heavy (non-hydrogen) atoms. The number of fused-ring (bicyclic) bond motifs is 5. The van der Waals surface area contributed by atoms with Crippen molar-refractivity contribution in [2.75, 3.05) is 5.33 Å². The molecule has 4 rings (SSSR count). The minimum Gasteiger partial charge on any atom is -0.390 e. The van der Waals surface area contributed by atoms with E-state index < -0.39 is 28.6 Å². The zero-order valence-corrected chi connectivity index (χ0v) is 17.5. The Morgan fingerprint density at radius 1 is 1.19 bits per heavy atom. The summed E-state index contributed by atoms with van der Waals surface area (Å²) in [6.07, 6.45) is 3.20. The Bertz CT molecular complexity index is 719. The van der Waals surface area contributed by atoms with Gasteiger partial charge in [-0.15, -0.1) is 0 Å². The van der Waals surface area contributed by atoms with E-state index in [1.54, 1.807) is 6.08 Å². The number of hydrogen-bond acceptors (Lipinski definition) is 5. The molecule has 4 aliphatic carbocycles. The quantitative estimate of drug-likeness (QED) is 0.571. The fourth-order valence-electron chi connectivity index (χ4n) is 6.98. The van der Waals surface area contributed by atoms with Gasteiger partial charge in [-0.3, -0.25) is 9.59 Å². The largest absolute Gasteiger partial charge is 0.390 e. The fraction of sp³-hybridized carbons (Fsp3) is 0.810. The van der Waals surface area contributed by atoms with Crippen molar-refractivity contribution < 1.29 is 24.9 Å². The predicted molar refractivity (Wildman–Crippen MR) is 103 cm³/mol. The molecular weight excluding hydrogens is 412 g/mol. The zero-order valence-electron chi connectivity index (χ0n) is 15.9. The maximum Gasteiger partial charge on any atom is 0.159 e. The number of rotatable bonds is 2. The van der Waals surface area contributed by atoms with Crippen LogP contribution in [0.15, 0.2) is 11.6 Å². The molecule has 4 aliphatic rings. The maximum atomic E-state index is 13.0. The number of aliphatic hydroxyl groups excluding tert-OH is 2. The predicted octanol–water partition coefficient (Wildman–Crippen LogP) is 2.16. The lowest BCUT2D eigenvalue weighted by atomic mass is 9.46. The van der Waals surface area contributed by atoms with E-state index in [2.05, 4.69) is 15.9 Å². The van der Waals surface area contributed by atoms with Crippen molar-refractivity contribution in [2.24, 2.45) is 28.6 Å². The summed E-state index contributed by atoms with van der Waals surface area (Å²) >= 11 is 3.28. The van der Waals surface area contributed by atoms with Crippen LogP contribution in [0.25, 0.3) is 0 Å². The summed E-state index contributed by atoms with van der Waals surface area (Å²) in [6.45, 7) is 4.03. The lowest BCUT2D eigenvalue weighted by molar-refractivity contribution is -0.153. The van der Waals surface area contributed by atoms with Crippen LogP contribution in [0.5, 0.6) is 0 Å². The first kappa shape index (κ1) is 19.7. The summed E-state index contributed by atoms with van der Waals surface area (Å²) in [5, 5.41) is 32.5. The molecular formula is C21H29BrO5. The number of halogens is 1. The van der Waals surface area contributed by atoms with Gasteiger partial charge >= 0.3 is 0 Å². The molecule has 8 atom stereocenters. The molecule has 3 fully saturated rings. The van der Waals surface area contributed by atoms with Crippen LogP contribution in [0.3, 0.4) is 0 Å². The average molecular weight is 441 g/mol.